The van der Waals surface area contributed by atoms with E-state index in [1.165, 1.54) is 6.38 Å². The molecule has 1 aromatic carbocycles. The predicted molar refractivity (Wildman–Crippen MR) is 185 cm³/mol. The zero-order valence-corrected chi connectivity index (χ0v) is 30.3. The van der Waals surface area contributed by atoms with E-state index in [1.807, 2.05) is 18.2 Å². The molecule has 4 atom stereocenters. The number of alkyl carbamates (subject to hydrolysis) is 1. The molecule has 2 saturated heterocycles. The molecule has 12 heteroatoms. The fourth-order valence-electron chi connectivity index (χ4n) is 4.80. The zero-order valence-electron chi connectivity index (χ0n) is 28.8. The minimum absolute atomic E-state index is 0.0135. The fraction of sp³-hybridized carbons (Fsp3) is 0.618. The number of carbonyl (C=O) groups is 3. The number of allylic oxidation sites excluding steroid dienone is 3. The van der Waals surface area contributed by atoms with E-state index < -0.39 is 5.97 Å². The van der Waals surface area contributed by atoms with E-state index in [0.29, 0.717) is 42.1 Å². The molecule has 3 heterocycles. The molecule has 0 aromatic heterocycles. The lowest BCUT2D eigenvalue weighted by molar-refractivity contribution is -0.137. The maximum Gasteiger partial charge on any atom is 0.407 e. The third kappa shape index (κ3) is 15.7. The summed E-state index contributed by atoms with van der Waals surface area (Å²) in [5, 5.41) is 11.4. The van der Waals surface area contributed by atoms with Gasteiger partial charge in [0.15, 0.2) is 0 Å². The normalized spacial score (nSPS) is 24.5. The Balaban J connectivity index is 0.000000694. The number of halogens is 2. The van der Waals surface area contributed by atoms with Crippen LogP contribution in [0.2, 0.25) is 5.02 Å². The molecule has 2 N–H and O–H groups in total. The van der Waals surface area contributed by atoms with Crippen molar-refractivity contribution in [1.82, 2.24) is 10.2 Å². The van der Waals surface area contributed by atoms with E-state index in [1.54, 1.807) is 38.1 Å². The average molecular weight is 687 g/mol. The van der Waals surface area contributed by atoms with Crippen LogP contribution in [0.4, 0.5) is 10.5 Å². The van der Waals surface area contributed by atoms with Gasteiger partial charge >= 0.3 is 12.1 Å². The van der Waals surface area contributed by atoms with Crippen molar-refractivity contribution in [3.05, 3.63) is 46.5 Å². The molecule has 10 nitrogen and oxygen atoms in total. The van der Waals surface area contributed by atoms with E-state index in [4.69, 9.17) is 30.9 Å². The van der Waals surface area contributed by atoms with Gasteiger partial charge in [-0.3, -0.25) is 14.5 Å². The molecule has 3 aliphatic rings. The van der Waals surface area contributed by atoms with Gasteiger partial charge in [0.2, 0.25) is 5.91 Å². The Hall–Kier alpha value is -2.79. The van der Waals surface area contributed by atoms with Gasteiger partial charge in [-0.25, -0.2) is 4.79 Å². The van der Waals surface area contributed by atoms with E-state index in [-0.39, 0.29) is 42.9 Å². The Morgan fingerprint density at radius 1 is 1.17 bits per heavy atom. The summed E-state index contributed by atoms with van der Waals surface area (Å²) < 4.78 is 16.7. The number of anilines is 1. The lowest BCUT2D eigenvalue weighted by Gasteiger charge is -2.29. The number of aliphatic carboxylic acids is 1. The van der Waals surface area contributed by atoms with Crippen LogP contribution in [0.15, 0.2) is 35.9 Å². The quantitative estimate of drug-likeness (QED) is 0.266. The molecule has 0 saturated carbocycles. The van der Waals surface area contributed by atoms with Crippen molar-refractivity contribution in [3.63, 3.8) is 0 Å². The first kappa shape index (κ1) is 41.2. The molecule has 0 aliphatic carbocycles. The maximum absolute atomic E-state index is 12.9. The van der Waals surface area contributed by atoms with Crippen molar-refractivity contribution in [2.45, 2.75) is 90.6 Å². The number of carboxylic acids is 1. The van der Waals surface area contributed by atoms with Crippen molar-refractivity contribution >= 4 is 46.9 Å². The Bertz CT molecular complexity index is 1190. The number of amides is 2. The number of ether oxygens (including phenoxy) is 3. The summed E-state index contributed by atoms with van der Waals surface area (Å²) in [6, 6.07) is 3.90. The van der Waals surface area contributed by atoms with Gasteiger partial charge in [-0.1, -0.05) is 56.2 Å². The first-order valence-corrected chi connectivity index (χ1v) is 16.7. The Morgan fingerprint density at radius 3 is 2.39 bits per heavy atom. The van der Waals surface area contributed by atoms with Gasteiger partial charge in [0.25, 0.3) is 0 Å². The van der Waals surface area contributed by atoms with Crippen molar-refractivity contribution in [3.8, 4) is 5.75 Å². The third-order valence-electron chi connectivity index (χ3n) is 6.88. The van der Waals surface area contributed by atoms with Crippen LogP contribution in [-0.4, -0.2) is 93.5 Å². The number of fused-ring (bicyclic) bond motifs is 5. The molecule has 2 fully saturated rings. The number of nitrogens with zero attached hydrogens (tertiary/aromatic N) is 2. The smallest absolute Gasteiger partial charge is 0.407 e. The number of carboxylic acid groups (broad SMARTS) is 1. The van der Waals surface area contributed by atoms with E-state index in [0.717, 1.165) is 29.9 Å². The van der Waals surface area contributed by atoms with Gasteiger partial charge < -0.3 is 29.5 Å². The number of hydrogen-bond donors (Lipinski definition) is 2. The van der Waals surface area contributed by atoms with Gasteiger partial charge in [-0.2, -0.15) is 0 Å². The van der Waals surface area contributed by atoms with Crippen LogP contribution < -0.4 is 15.0 Å². The SMILES string of the molecule is CC(C)C.CCl.CN(C)CC(=O)O.COc1cc2cc(c1Cl)N(C)C(=O)CCC1OC1CC1CC(C/C=C/C=C(\C)C2)NC(=O)O1. The number of carbonyl (C=O) groups excluding carboxylic acids is 2. The summed E-state index contributed by atoms with van der Waals surface area (Å²) >= 11 is 11.2. The number of likely N-dealkylation sites (N-methyl/N-ethyl adjacent to an activating group) is 1. The number of benzene rings is 1. The summed E-state index contributed by atoms with van der Waals surface area (Å²) in [5.74, 6) is 0.559. The van der Waals surface area contributed by atoms with Gasteiger partial charge in [0.05, 0.1) is 31.5 Å². The van der Waals surface area contributed by atoms with E-state index >= 15 is 0 Å². The summed E-state index contributed by atoms with van der Waals surface area (Å²) in [6.45, 7) is 8.67. The molecule has 260 valence electrons. The molecule has 0 radical (unpaired) electrons. The predicted octanol–water partition coefficient (Wildman–Crippen LogP) is 6.71. The highest BCUT2D eigenvalue weighted by molar-refractivity contribution is 6.35. The van der Waals surface area contributed by atoms with Gasteiger partial charge in [-0.15, -0.1) is 11.6 Å². The molecule has 2 amide bonds. The second-order valence-electron chi connectivity index (χ2n) is 12.4. The van der Waals surface area contributed by atoms with Crippen LogP contribution in [0, 0.1) is 5.92 Å². The van der Waals surface area contributed by atoms with Crippen LogP contribution in [0.25, 0.3) is 0 Å². The number of nitrogens with one attached hydrogen (secondary N) is 1. The van der Waals surface area contributed by atoms with E-state index in [9.17, 15) is 14.4 Å². The fourth-order valence-corrected chi connectivity index (χ4v) is 5.12. The largest absolute Gasteiger partial charge is 0.495 e. The second kappa shape index (κ2) is 21.2. The minimum atomic E-state index is -0.787. The number of epoxide rings is 1. The maximum atomic E-state index is 12.9. The first-order valence-electron chi connectivity index (χ1n) is 15.5. The lowest BCUT2D eigenvalue weighted by atomic mass is 9.99. The minimum Gasteiger partial charge on any atom is -0.495 e. The second-order valence-corrected chi connectivity index (χ2v) is 12.8. The Morgan fingerprint density at radius 2 is 1.83 bits per heavy atom. The highest BCUT2D eigenvalue weighted by Gasteiger charge is 2.42. The highest BCUT2D eigenvalue weighted by Crippen LogP contribution is 2.38. The molecule has 4 rings (SSSR count). The highest BCUT2D eigenvalue weighted by atomic mass is 35.5. The van der Waals surface area contributed by atoms with E-state index in [2.05, 4.69) is 56.8 Å². The zero-order chi connectivity index (χ0) is 35.0. The number of hydrogen-bond acceptors (Lipinski definition) is 7. The van der Waals surface area contributed by atoms with Crippen LogP contribution in [0.1, 0.15) is 65.4 Å². The van der Waals surface area contributed by atoms with Crippen molar-refractivity contribution in [2.24, 2.45) is 5.92 Å². The Kier molecular flexibility index (Phi) is 19.0. The van der Waals surface area contributed by atoms with Crippen molar-refractivity contribution in [1.29, 1.82) is 0 Å². The van der Waals surface area contributed by atoms with Gasteiger partial charge in [-0.05, 0) is 63.9 Å². The van der Waals surface area contributed by atoms with Crippen molar-refractivity contribution in [2.75, 3.05) is 46.1 Å². The standard InChI is InChI=1S/C25H31ClN2O5.C4H9NO2.C4H10.CH3Cl/c1-15-6-4-5-7-17-13-18(32-25(30)27-17)14-21-20(33-21)8-9-23(29)28(2)19-11-16(10-15)12-22(31-3)24(19)26;1-5(2)3-4(6)7;1-4(2)3;1-2/h4-6,11-12,17-18,20-21H,7-10,13-14H2,1-3H3,(H,27,30);3H2,1-2H3,(H,6,7);4H,1-3H3;1H3/b5-4+,15-6+;;;. The van der Waals surface area contributed by atoms with Crippen LogP contribution in [0.5, 0.6) is 5.75 Å². The van der Waals surface area contributed by atoms with Crippen LogP contribution >= 0.6 is 23.2 Å². The molecular formula is C34H53Cl2N3O7. The number of rotatable bonds is 3. The topological polar surface area (TPSA) is 121 Å². The molecule has 4 bridgehead atoms. The summed E-state index contributed by atoms with van der Waals surface area (Å²) in [6.07, 6.45) is 10.9. The molecule has 3 aliphatic heterocycles. The average Bonchev–Trinajstić information content (AvgIpc) is 3.71. The van der Waals surface area contributed by atoms with Gasteiger partial charge in [0.1, 0.15) is 16.9 Å². The monoisotopic (exact) mass is 685 g/mol. The summed E-state index contributed by atoms with van der Waals surface area (Å²) in [7, 11) is 6.75. The molecule has 1 aromatic rings. The number of methoxy groups -OCH3 is 1. The molecule has 4 unspecified atom stereocenters. The summed E-state index contributed by atoms with van der Waals surface area (Å²) in [4.78, 5) is 37.9. The first-order chi connectivity index (χ1) is 21.7. The van der Waals surface area contributed by atoms with Crippen LogP contribution in [-0.2, 0) is 25.5 Å². The summed E-state index contributed by atoms with van der Waals surface area (Å²) in [5.41, 5.74) is 2.80. The van der Waals surface area contributed by atoms with Gasteiger partial charge in [0, 0.05) is 38.7 Å². The van der Waals surface area contributed by atoms with Crippen molar-refractivity contribution < 1.29 is 33.7 Å². The van der Waals surface area contributed by atoms with Crippen LogP contribution in [0.3, 0.4) is 0 Å². The molecule has 46 heavy (non-hydrogen) atoms. The number of alkyl halides is 1. The molecular weight excluding hydrogens is 633 g/mol. The Labute approximate surface area is 285 Å². The molecule has 0 spiro atoms. The lowest BCUT2D eigenvalue weighted by Crippen LogP contribution is -2.45. The third-order valence-corrected chi connectivity index (χ3v) is 7.26.